The van der Waals surface area contributed by atoms with E-state index in [1.807, 2.05) is 0 Å². The van der Waals surface area contributed by atoms with Gasteiger partial charge in [-0.3, -0.25) is 4.79 Å². The largest absolute Gasteiger partial charge is 0.481 e. The molecular formula is C20H33N3O3. The molecule has 1 aromatic heterocycles. The number of carboxylic acid groups (broad SMARTS) is 1. The summed E-state index contributed by atoms with van der Waals surface area (Å²) in [5.74, 6) is 1.01. The van der Waals surface area contributed by atoms with Gasteiger partial charge in [0.25, 0.3) is 0 Å². The van der Waals surface area contributed by atoms with Gasteiger partial charge in [-0.25, -0.2) is 0 Å². The van der Waals surface area contributed by atoms with E-state index in [2.05, 4.69) is 15.5 Å². The minimum atomic E-state index is -0.795. The lowest BCUT2D eigenvalue weighted by atomic mass is 9.84. The average molecular weight is 364 g/mol. The van der Waals surface area contributed by atoms with Gasteiger partial charge in [-0.15, -0.1) is 0 Å². The second kappa shape index (κ2) is 10.0. The highest BCUT2D eigenvalue weighted by molar-refractivity contribution is 5.67. The first kappa shape index (κ1) is 19.3. The summed E-state index contributed by atoms with van der Waals surface area (Å²) in [6, 6.07) is 0.558. The summed E-state index contributed by atoms with van der Waals surface area (Å²) < 4.78 is 5.42. The Hall–Kier alpha value is -1.43. The Balaban J connectivity index is 1.48. The summed E-state index contributed by atoms with van der Waals surface area (Å²) in [5.41, 5.74) is 0. The third-order valence-electron chi connectivity index (χ3n) is 6.05. The molecule has 2 aliphatic rings. The first-order valence-corrected chi connectivity index (χ1v) is 10.5. The van der Waals surface area contributed by atoms with Crippen LogP contribution in [0.4, 0.5) is 0 Å². The third kappa shape index (κ3) is 6.08. The number of hydrogen-bond donors (Lipinski definition) is 2. The molecule has 0 radical (unpaired) electrons. The molecule has 6 heteroatoms. The molecular weight excluding hydrogens is 330 g/mol. The standard InChI is InChI=1S/C20H33N3O3/c24-19(25)13-16(10-6-9-15-7-2-1-3-8-15)20-22-18(23-26-20)14-21-17-11-4-5-12-17/h15-17,21H,1-14H2,(H,24,25)/t16-/m1/s1. The van der Waals surface area contributed by atoms with E-state index in [0.29, 0.717) is 24.3 Å². The highest BCUT2D eigenvalue weighted by atomic mass is 16.5. The lowest BCUT2D eigenvalue weighted by molar-refractivity contribution is -0.137. The SMILES string of the molecule is O=C(O)C[C@@H](CCCC1CCCCC1)c1nc(CNC2CCCC2)no1. The van der Waals surface area contributed by atoms with E-state index in [4.69, 9.17) is 4.52 Å². The summed E-state index contributed by atoms with van der Waals surface area (Å²) in [6.07, 6.45) is 14.9. The Kier molecular flexibility index (Phi) is 7.47. The van der Waals surface area contributed by atoms with E-state index in [1.54, 1.807) is 0 Å². The Morgan fingerprint density at radius 1 is 1.15 bits per heavy atom. The normalized spacial score (nSPS) is 20.5. The molecule has 2 saturated carbocycles. The smallest absolute Gasteiger partial charge is 0.304 e. The average Bonchev–Trinajstić information content (AvgIpc) is 3.31. The molecule has 0 unspecified atom stereocenters. The summed E-state index contributed by atoms with van der Waals surface area (Å²) >= 11 is 0. The van der Waals surface area contributed by atoms with Crippen LogP contribution in [0.25, 0.3) is 0 Å². The number of carbonyl (C=O) groups is 1. The molecule has 6 nitrogen and oxygen atoms in total. The quantitative estimate of drug-likeness (QED) is 0.640. The lowest BCUT2D eigenvalue weighted by Crippen LogP contribution is -2.25. The fourth-order valence-corrected chi connectivity index (χ4v) is 4.52. The Morgan fingerprint density at radius 2 is 1.88 bits per heavy atom. The maximum atomic E-state index is 11.3. The van der Waals surface area contributed by atoms with Crippen molar-refractivity contribution in [3.8, 4) is 0 Å². The molecule has 2 fully saturated rings. The van der Waals surface area contributed by atoms with Gasteiger partial charge in [0.05, 0.1) is 13.0 Å². The minimum Gasteiger partial charge on any atom is -0.481 e. The van der Waals surface area contributed by atoms with Crippen LogP contribution in [-0.4, -0.2) is 27.3 Å². The van der Waals surface area contributed by atoms with Gasteiger partial charge in [0, 0.05) is 12.0 Å². The zero-order valence-corrected chi connectivity index (χ0v) is 15.8. The first-order valence-electron chi connectivity index (χ1n) is 10.5. The zero-order valence-electron chi connectivity index (χ0n) is 15.8. The van der Waals surface area contributed by atoms with Crippen molar-refractivity contribution in [3.05, 3.63) is 11.7 Å². The molecule has 1 atom stereocenters. The van der Waals surface area contributed by atoms with E-state index in [1.165, 1.54) is 64.2 Å². The molecule has 146 valence electrons. The molecule has 2 N–H and O–H groups in total. The number of aliphatic carboxylic acids is 1. The Morgan fingerprint density at radius 3 is 2.62 bits per heavy atom. The van der Waals surface area contributed by atoms with Crippen molar-refractivity contribution >= 4 is 5.97 Å². The van der Waals surface area contributed by atoms with Crippen LogP contribution in [0.15, 0.2) is 4.52 Å². The molecule has 0 amide bonds. The predicted octanol–water partition coefficient (Wildman–Crippen LogP) is 4.41. The van der Waals surface area contributed by atoms with Crippen LogP contribution >= 0.6 is 0 Å². The monoisotopic (exact) mass is 363 g/mol. The van der Waals surface area contributed by atoms with Crippen molar-refractivity contribution in [2.75, 3.05) is 0 Å². The number of nitrogens with zero attached hydrogens (tertiary/aromatic N) is 2. The molecule has 0 bridgehead atoms. The van der Waals surface area contributed by atoms with E-state index >= 15 is 0 Å². The van der Waals surface area contributed by atoms with Crippen molar-refractivity contribution < 1.29 is 14.4 Å². The molecule has 0 spiro atoms. The number of hydrogen-bond acceptors (Lipinski definition) is 5. The fraction of sp³-hybridized carbons (Fsp3) is 0.850. The van der Waals surface area contributed by atoms with Gasteiger partial charge < -0.3 is 14.9 Å². The van der Waals surface area contributed by atoms with Crippen LogP contribution in [0.5, 0.6) is 0 Å². The van der Waals surface area contributed by atoms with Crippen LogP contribution in [-0.2, 0) is 11.3 Å². The Bertz CT molecular complexity index is 548. The van der Waals surface area contributed by atoms with Crippen LogP contribution in [0.1, 0.15) is 101 Å². The van der Waals surface area contributed by atoms with Crippen LogP contribution in [0.2, 0.25) is 0 Å². The zero-order chi connectivity index (χ0) is 18.2. The van der Waals surface area contributed by atoms with Gasteiger partial charge in [-0.1, -0.05) is 62.9 Å². The van der Waals surface area contributed by atoms with E-state index in [-0.39, 0.29) is 12.3 Å². The second-order valence-corrected chi connectivity index (χ2v) is 8.14. The predicted molar refractivity (Wildman–Crippen MR) is 98.8 cm³/mol. The summed E-state index contributed by atoms with van der Waals surface area (Å²) in [6.45, 7) is 0.607. The molecule has 26 heavy (non-hydrogen) atoms. The third-order valence-corrected chi connectivity index (χ3v) is 6.05. The summed E-state index contributed by atoms with van der Waals surface area (Å²) in [4.78, 5) is 15.7. The van der Waals surface area contributed by atoms with Gasteiger partial charge in [0.15, 0.2) is 5.82 Å². The van der Waals surface area contributed by atoms with Gasteiger partial charge in [0.1, 0.15) is 0 Å². The molecule has 0 aliphatic heterocycles. The number of aromatic nitrogens is 2. The number of nitrogens with one attached hydrogen (secondary N) is 1. The maximum absolute atomic E-state index is 11.3. The highest BCUT2D eigenvalue weighted by Gasteiger charge is 2.23. The van der Waals surface area contributed by atoms with Crippen molar-refractivity contribution in [2.45, 2.75) is 102 Å². The van der Waals surface area contributed by atoms with E-state index < -0.39 is 5.97 Å². The lowest BCUT2D eigenvalue weighted by Gasteiger charge is -2.21. The summed E-state index contributed by atoms with van der Waals surface area (Å²) in [5, 5.41) is 16.8. The van der Waals surface area contributed by atoms with Crippen molar-refractivity contribution in [1.82, 2.24) is 15.5 Å². The molecule has 1 aromatic rings. The highest BCUT2D eigenvalue weighted by Crippen LogP contribution is 2.31. The van der Waals surface area contributed by atoms with Gasteiger partial charge in [-0.2, -0.15) is 4.98 Å². The van der Waals surface area contributed by atoms with Crippen molar-refractivity contribution in [2.24, 2.45) is 5.92 Å². The molecule has 3 rings (SSSR count). The number of carboxylic acids is 1. The van der Waals surface area contributed by atoms with Crippen LogP contribution < -0.4 is 5.32 Å². The van der Waals surface area contributed by atoms with Crippen LogP contribution in [0.3, 0.4) is 0 Å². The number of rotatable bonds is 10. The first-order chi connectivity index (χ1) is 12.7. The van der Waals surface area contributed by atoms with E-state index in [9.17, 15) is 9.90 Å². The summed E-state index contributed by atoms with van der Waals surface area (Å²) in [7, 11) is 0. The minimum absolute atomic E-state index is 0.0718. The fourth-order valence-electron chi connectivity index (χ4n) is 4.52. The maximum Gasteiger partial charge on any atom is 0.304 e. The van der Waals surface area contributed by atoms with Crippen molar-refractivity contribution in [1.29, 1.82) is 0 Å². The van der Waals surface area contributed by atoms with Gasteiger partial charge in [-0.05, 0) is 25.2 Å². The van der Waals surface area contributed by atoms with E-state index in [0.717, 1.165) is 18.8 Å². The molecule has 1 heterocycles. The van der Waals surface area contributed by atoms with Gasteiger partial charge >= 0.3 is 5.97 Å². The molecule has 0 saturated heterocycles. The van der Waals surface area contributed by atoms with Gasteiger partial charge in [0.2, 0.25) is 5.89 Å². The Labute approximate surface area is 156 Å². The van der Waals surface area contributed by atoms with Crippen molar-refractivity contribution in [3.63, 3.8) is 0 Å². The molecule has 0 aromatic carbocycles. The topological polar surface area (TPSA) is 88.2 Å². The second-order valence-electron chi connectivity index (χ2n) is 8.14. The molecule has 2 aliphatic carbocycles. The van der Waals surface area contributed by atoms with Crippen LogP contribution in [0, 0.1) is 5.92 Å².